The van der Waals surface area contributed by atoms with E-state index in [1.54, 1.807) is 18.3 Å². The number of benzene rings is 2. The molecule has 0 fully saturated rings. The number of pyridine rings is 1. The Balaban J connectivity index is 1.52. The number of aromatic nitrogens is 2. The number of carbonyl (C=O) groups excluding carboxylic acids is 1. The maximum Gasteiger partial charge on any atom is 0.255 e. The molecule has 0 aliphatic carbocycles. The second-order valence-electron chi connectivity index (χ2n) is 6.32. The number of carbonyl (C=O) groups is 1. The van der Waals surface area contributed by atoms with Gasteiger partial charge in [0, 0.05) is 42.8 Å². The van der Waals surface area contributed by atoms with Gasteiger partial charge in [-0.05, 0) is 54.6 Å². The van der Waals surface area contributed by atoms with E-state index >= 15 is 0 Å². The van der Waals surface area contributed by atoms with E-state index in [-0.39, 0.29) is 5.91 Å². The molecule has 0 bridgehead atoms. The maximum atomic E-state index is 12.5. The molecule has 2 heterocycles. The predicted octanol–water partition coefficient (Wildman–Crippen LogP) is 4.21. The highest BCUT2D eigenvalue weighted by Crippen LogP contribution is 2.24. The van der Waals surface area contributed by atoms with Crippen molar-refractivity contribution in [3.8, 4) is 11.5 Å². The molecule has 0 spiro atoms. The van der Waals surface area contributed by atoms with Gasteiger partial charge in [0.2, 0.25) is 5.89 Å². The first-order chi connectivity index (χ1) is 13.1. The summed E-state index contributed by atoms with van der Waals surface area (Å²) < 4.78 is 5.71. The molecule has 6 heteroatoms. The molecule has 0 radical (unpaired) electrons. The molecule has 4 rings (SSSR count). The van der Waals surface area contributed by atoms with E-state index in [2.05, 4.69) is 15.3 Å². The molecule has 0 saturated heterocycles. The van der Waals surface area contributed by atoms with Gasteiger partial charge in [-0.15, -0.1) is 0 Å². The second kappa shape index (κ2) is 6.92. The molecule has 4 aromatic rings. The van der Waals surface area contributed by atoms with Gasteiger partial charge in [0.1, 0.15) is 0 Å². The highest BCUT2D eigenvalue weighted by atomic mass is 16.3. The Bertz CT molecular complexity index is 1070. The van der Waals surface area contributed by atoms with Gasteiger partial charge in [0.05, 0.1) is 0 Å². The minimum absolute atomic E-state index is 0.155. The number of rotatable bonds is 4. The van der Waals surface area contributed by atoms with Crippen molar-refractivity contribution >= 4 is 28.5 Å². The van der Waals surface area contributed by atoms with Crippen molar-refractivity contribution in [3.63, 3.8) is 0 Å². The van der Waals surface area contributed by atoms with Gasteiger partial charge in [0.25, 0.3) is 5.91 Å². The molecule has 1 amide bonds. The average molecular weight is 358 g/mol. The number of oxazole rings is 1. The molecule has 0 aliphatic rings. The normalized spacial score (nSPS) is 10.7. The number of nitrogens with zero attached hydrogens (tertiary/aromatic N) is 3. The van der Waals surface area contributed by atoms with Crippen LogP contribution in [0.25, 0.3) is 22.7 Å². The van der Waals surface area contributed by atoms with Gasteiger partial charge in [-0.1, -0.05) is 6.07 Å². The van der Waals surface area contributed by atoms with Crippen molar-refractivity contribution in [1.82, 2.24) is 9.97 Å². The fraction of sp³-hybridized carbons (Fsp3) is 0.0952. The molecule has 0 saturated carbocycles. The van der Waals surface area contributed by atoms with Crippen LogP contribution in [0.15, 0.2) is 71.3 Å². The lowest BCUT2D eigenvalue weighted by molar-refractivity contribution is 0.102. The van der Waals surface area contributed by atoms with E-state index in [0.717, 1.165) is 11.3 Å². The quantitative estimate of drug-likeness (QED) is 0.592. The number of amides is 1. The first kappa shape index (κ1) is 16.8. The third-order valence-corrected chi connectivity index (χ3v) is 4.18. The number of nitrogens with one attached hydrogen (secondary N) is 1. The minimum Gasteiger partial charge on any atom is -0.434 e. The van der Waals surface area contributed by atoms with E-state index in [4.69, 9.17) is 4.42 Å². The van der Waals surface area contributed by atoms with Crippen molar-refractivity contribution in [2.24, 2.45) is 0 Å². The number of anilines is 2. The topological polar surface area (TPSA) is 71.3 Å². The summed E-state index contributed by atoms with van der Waals surface area (Å²) in [6.45, 7) is 0. The highest BCUT2D eigenvalue weighted by Gasteiger charge is 2.10. The Hall–Kier alpha value is -3.67. The summed E-state index contributed by atoms with van der Waals surface area (Å²) >= 11 is 0. The molecule has 6 nitrogen and oxygen atoms in total. The van der Waals surface area contributed by atoms with Gasteiger partial charge in [-0.25, -0.2) is 4.98 Å². The number of hydrogen-bond acceptors (Lipinski definition) is 5. The molecule has 27 heavy (non-hydrogen) atoms. The van der Waals surface area contributed by atoms with Crippen LogP contribution < -0.4 is 10.2 Å². The van der Waals surface area contributed by atoms with Crippen LogP contribution in [-0.2, 0) is 0 Å². The van der Waals surface area contributed by atoms with Crippen molar-refractivity contribution in [2.45, 2.75) is 0 Å². The molecule has 0 unspecified atom stereocenters. The summed E-state index contributed by atoms with van der Waals surface area (Å²) in [6, 6.07) is 18.5. The predicted molar refractivity (Wildman–Crippen MR) is 106 cm³/mol. The minimum atomic E-state index is -0.155. The molecule has 2 aromatic carbocycles. The largest absolute Gasteiger partial charge is 0.434 e. The Labute approximate surface area is 156 Å². The standard InChI is InChI=1S/C21H18N4O2/c1-25(2)17-6-3-5-15(13-17)20(26)23-16-10-8-14(9-11-16)21-24-19-18(27-21)7-4-12-22-19/h3-13H,1-2H3,(H,23,26). The summed E-state index contributed by atoms with van der Waals surface area (Å²) in [5.74, 6) is 0.345. The van der Waals surface area contributed by atoms with Crippen LogP contribution in [0.1, 0.15) is 10.4 Å². The van der Waals surface area contributed by atoms with Crippen LogP contribution in [0, 0.1) is 0 Å². The zero-order chi connectivity index (χ0) is 18.8. The van der Waals surface area contributed by atoms with E-state index in [0.29, 0.717) is 28.4 Å². The molecular weight excluding hydrogens is 340 g/mol. The Morgan fingerprint density at radius 2 is 1.85 bits per heavy atom. The van der Waals surface area contributed by atoms with Crippen LogP contribution in [0.5, 0.6) is 0 Å². The van der Waals surface area contributed by atoms with Crippen molar-refractivity contribution in [3.05, 3.63) is 72.4 Å². The van der Waals surface area contributed by atoms with Gasteiger partial charge in [-0.2, -0.15) is 4.98 Å². The lowest BCUT2D eigenvalue weighted by atomic mass is 10.1. The Morgan fingerprint density at radius 3 is 2.59 bits per heavy atom. The fourth-order valence-electron chi connectivity index (χ4n) is 2.72. The summed E-state index contributed by atoms with van der Waals surface area (Å²) in [7, 11) is 3.88. The van der Waals surface area contributed by atoms with E-state index in [9.17, 15) is 4.79 Å². The van der Waals surface area contributed by atoms with Crippen LogP contribution in [-0.4, -0.2) is 30.0 Å². The summed E-state index contributed by atoms with van der Waals surface area (Å²) in [6.07, 6.45) is 1.68. The van der Waals surface area contributed by atoms with E-state index in [1.807, 2.05) is 67.5 Å². The summed E-state index contributed by atoms with van der Waals surface area (Å²) in [4.78, 5) is 23.0. The second-order valence-corrected chi connectivity index (χ2v) is 6.32. The highest BCUT2D eigenvalue weighted by molar-refractivity contribution is 6.04. The van der Waals surface area contributed by atoms with Crippen LogP contribution in [0.4, 0.5) is 11.4 Å². The first-order valence-corrected chi connectivity index (χ1v) is 8.51. The summed E-state index contributed by atoms with van der Waals surface area (Å²) in [5.41, 5.74) is 4.32. The van der Waals surface area contributed by atoms with Crippen molar-refractivity contribution in [2.75, 3.05) is 24.3 Å². The van der Waals surface area contributed by atoms with Gasteiger partial charge < -0.3 is 14.6 Å². The zero-order valence-corrected chi connectivity index (χ0v) is 15.0. The van der Waals surface area contributed by atoms with Crippen LogP contribution in [0.2, 0.25) is 0 Å². The van der Waals surface area contributed by atoms with Gasteiger partial charge in [0.15, 0.2) is 11.2 Å². The zero-order valence-electron chi connectivity index (χ0n) is 15.0. The van der Waals surface area contributed by atoms with Crippen molar-refractivity contribution in [1.29, 1.82) is 0 Å². The van der Waals surface area contributed by atoms with Gasteiger partial charge in [-0.3, -0.25) is 4.79 Å². The summed E-state index contributed by atoms with van der Waals surface area (Å²) in [5, 5.41) is 2.91. The third-order valence-electron chi connectivity index (χ3n) is 4.18. The van der Waals surface area contributed by atoms with E-state index < -0.39 is 0 Å². The smallest absolute Gasteiger partial charge is 0.255 e. The monoisotopic (exact) mass is 358 g/mol. The van der Waals surface area contributed by atoms with Crippen LogP contribution in [0.3, 0.4) is 0 Å². The first-order valence-electron chi connectivity index (χ1n) is 8.51. The van der Waals surface area contributed by atoms with E-state index in [1.165, 1.54) is 0 Å². The lowest BCUT2D eigenvalue weighted by Crippen LogP contribution is -2.14. The molecule has 0 aliphatic heterocycles. The number of hydrogen-bond donors (Lipinski definition) is 1. The lowest BCUT2D eigenvalue weighted by Gasteiger charge is -2.13. The molecule has 0 atom stereocenters. The van der Waals surface area contributed by atoms with Crippen LogP contribution >= 0.6 is 0 Å². The van der Waals surface area contributed by atoms with Crippen molar-refractivity contribution < 1.29 is 9.21 Å². The molecule has 1 N–H and O–H groups in total. The Morgan fingerprint density at radius 1 is 1.04 bits per heavy atom. The molecular formula is C21H18N4O2. The third kappa shape index (κ3) is 3.50. The number of fused-ring (bicyclic) bond motifs is 1. The van der Waals surface area contributed by atoms with Gasteiger partial charge >= 0.3 is 0 Å². The molecule has 2 aromatic heterocycles. The Kier molecular flexibility index (Phi) is 4.30. The fourth-order valence-corrected chi connectivity index (χ4v) is 2.72. The SMILES string of the molecule is CN(C)c1cccc(C(=O)Nc2ccc(-c3nc4ncccc4o3)cc2)c1. The maximum absolute atomic E-state index is 12.5. The molecule has 134 valence electrons. The average Bonchev–Trinajstić information content (AvgIpc) is 3.13.